The van der Waals surface area contributed by atoms with Crippen LogP contribution < -0.4 is 0 Å². The van der Waals surface area contributed by atoms with Gasteiger partial charge >= 0.3 is 17.9 Å². The molecule has 0 aromatic heterocycles. The van der Waals surface area contributed by atoms with Crippen LogP contribution in [-0.2, 0) is 28.6 Å². The summed E-state index contributed by atoms with van der Waals surface area (Å²) in [6.07, 6.45) is 96.3. The Morgan fingerprint density at radius 3 is 0.815 bits per heavy atom. The minimum absolute atomic E-state index is 0.112. The number of carbonyl (C=O) groups excluding carboxylic acids is 3. The third-order valence-corrected chi connectivity index (χ3v) is 14.1. The fraction of sp³-hybridized carbons (Fsp3) is 0.667. The normalized spacial score (nSPS) is 13.0. The lowest BCUT2D eigenvalue weighted by molar-refractivity contribution is -0.166. The van der Waals surface area contributed by atoms with Gasteiger partial charge in [0.2, 0.25) is 0 Å². The minimum atomic E-state index is -0.825. The molecule has 0 aliphatic heterocycles. The summed E-state index contributed by atoms with van der Waals surface area (Å²) < 4.78 is 16.8. The predicted molar refractivity (Wildman–Crippen MR) is 353 cm³/mol. The highest BCUT2D eigenvalue weighted by Crippen LogP contribution is 2.16. The number of hydrogen-bond acceptors (Lipinski definition) is 6. The quantitative estimate of drug-likeness (QED) is 0.0261. The van der Waals surface area contributed by atoms with E-state index >= 15 is 0 Å². The Hall–Kier alpha value is -4.45. The van der Waals surface area contributed by atoms with Crippen LogP contribution in [-0.4, -0.2) is 37.2 Å². The van der Waals surface area contributed by atoms with Gasteiger partial charge in [-0.25, -0.2) is 0 Å². The zero-order chi connectivity index (χ0) is 58.5. The highest BCUT2D eigenvalue weighted by atomic mass is 16.6. The summed E-state index contributed by atoms with van der Waals surface area (Å²) in [7, 11) is 0. The lowest BCUT2D eigenvalue weighted by Gasteiger charge is -2.18. The Morgan fingerprint density at radius 2 is 0.506 bits per heavy atom. The summed E-state index contributed by atoms with van der Waals surface area (Å²) in [5, 5.41) is 0. The van der Waals surface area contributed by atoms with Gasteiger partial charge in [-0.05, 0) is 122 Å². The summed E-state index contributed by atoms with van der Waals surface area (Å²) in [6, 6.07) is 0. The maximum atomic E-state index is 12.9. The van der Waals surface area contributed by atoms with Gasteiger partial charge < -0.3 is 14.2 Å². The molecule has 0 saturated heterocycles. The molecule has 0 rings (SSSR count). The predicted octanol–water partition coefficient (Wildman–Crippen LogP) is 23.3. The Balaban J connectivity index is 4.30. The van der Waals surface area contributed by atoms with Crippen molar-refractivity contribution in [3.05, 3.63) is 134 Å². The van der Waals surface area contributed by atoms with E-state index in [0.29, 0.717) is 19.3 Å². The molecule has 0 heterocycles. The maximum Gasteiger partial charge on any atom is 0.306 e. The molecule has 0 spiro atoms. The molecule has 6 nitrogen and oxygen atoms in total. The average molecular weight is 1120 g/mol. The van der Waals surface area contributed by atoms with E-state index in [1.165, 1.54) is 141 Å². The molecule has 1 unspecified atom stereocenters. The summed E-state index contributed by atoms with van der Waals surface area (Å²) in [6.45, 7) is 6.35. The average Bonchev–Trinajstić information content (AvgIpc) is 3.46. The molecule has 0 aromatic carbocycles. The fourth-order valence-corrected chi connectivity index (χ4v) is 9.16. The SMILES string of the molecule is CC/C=C\C/C=C\C/C=C\C/C=C\C/C=C\C/C=C\CCC(=O)OC(COC(=O)CCCCCCC/C=C\CCCCCC)COC(=O)CCCCCCCCCCCCCCCCCCCC/C=C\C/C=C\C/C=C\C/C=C\CC. The molecule has 0 N–H and O–H groups in total. The fourth-order valence-electron chi connectivity index (χ4n) is 9.16. The van der Waals surface area contributed by atoms with Crippen molar-refractivity contribution in [2.24, 2.45) is 0 Å². The van der Waals surface area contributed by atoms with Crippen LogP contribution in [0.1, 0.15) is 303 Å². The Bertz CT molecular complexity index is 1720. The molecule has 0 aromatic rings. The monoisotopic (exact) mass is 1120 g/mol. The molecule has 0 fully saturated rings. The van der Waals surface area contributed by atoms with Gasteiger partial charge in [-0.15, -0.1) is 0 Å². The van der Waals surface area contributed by atoms with Crippen molar-refractivity contribution >= 4 is 17.9 Å². The second-order valence-corrected chi connectivity index (χ2v) is 22.0. The van der Waals surface area contributed by atoms with Crippen molar-refractivity contribution < 1.29 is 28.6 Å². The topological polar surface area (TPSA) is 78.9 Å². The van der Waals surface area contributed by atoms with Gasteiger partial charge in [0.15, 0.2) is 6.10 Å². The van der Waals surface area contributed by atoms with Crippen molar-refractivity contribution in [3.8, 4) is 0 Å². The summed E-state index contributed by atoms with van der Waals surface area (Å²) in [4.78, 5) is 38.3. The highest BCUT2D eigenvalue weighted by molar-refractivity contribution is 5.71. The number of allylic oxidation sites excluding steroid dienone is 22. The van der Waals surface area contributed by atoms with Crippen molar-refractivity contribution in [3.63, 3.8) is 0 Å². The molecule has 0 saturated carbocycles. The van der Waals surface area contributed by atoms with Gasteiger partial charge in [0.25, 0.3) is 0 Å². The summed E-state index contributed by atoms with van der Waals surface area (Å²) >= 11 is 0. The molecule has 0 aliphatic carbocycles. The van der Waals surface area contributed by atoms with Gasteiger partial charge in [0.1, 0.15) is 13.2 Å². The molecule has 1 atom stereocenters. The van der Waals surface area contributed by atoms with E-state index in [4.69, 9.17) is 14.2 Å². The van der Waals surface area contributed by atoms with Gasteiger partial charge in [0.05, 0.1) is 0 Å². The van der Waals surface area contributed by atoms with E-state index in [-0.39, 0.29) is 31.6 Å². The smallest absolute Gasteiger partial charge is 0.306 e. The summed E-state index contributed by atoms with van der Waals surface area (Å²) in [5.41, 5.74) is 0. The zero-order valence-electron chi connectivity index (χ0n) is 52.8. The van der Waals surface area contributed by atoms with Crippen molar-refractivity contribution in [2.75, 3.05) is 13.2 Å². The van der Waals surface area contributed by atoms with Crippen molar-refractivity contribution in [1.82, 2.24) is 0 Å². The van der Waals surface area contributed by atoms with Crippen LogP contribution in [0.5, 0.6) is 0 Å². The first kappa shape index (κ1) is 76.5. The van der Waals surface area contributed by atoms with E-state index in [1.807, 2.05) is 6.08 Å². The van der Waals surface area contributed by atoms with Gasteiger partial charge in [-0.3, -0.25) is 14.4 Å². The van der Waals surface area contributed by atoms with Crippen LogP contribution in [0.3, 0.4) is 0 Å². The lowest BCUT2D eigenvalue weighted by Crippen LogP contribution is -2.30. The standard InChI is InChI=1S/C75H124O6/c1-4-7-10-13-16-19-22-25-27-29-31-32-33-34-35-36-37-38-39-40-41-42-44-45-47-50-53-56-59-62-65-68-74(77)80-71-72(70-79-73(76)67-64-61-58-55-52-49-24-21-18-15-12-9-6-3)81-75(78)69-66-63-60-57-54-51-48-46-43-30-28-26-23-20-17-14-11-8-5-2/h7-8,10-11,16-17,19-21,24-28,31-32,43,46,51,54,60,63,72H,4-6,9,12-15,18,22-23,29-30,33-42,44-45,47-50,52-53,55-59,61-62,64-71H2,1-3H3/b10-7-,11-8-,19-16-,20-17-,24-21-,27-25-,28-26-,32-31-,46-43-,54-51-,63-60-. The first-order valence-corrected chi connectivity index (χ1v) is 33.7. The third-order valence-electron chi connectivity index (χ3n) is 14.1. The number of carbonyl (C=O) groups is 3. The van der Waals surface area contributed by atoms with Crippen LogP contribution in [0, 0.1) is 0 Å². The van der Waals surface area contributed by atoms with E-state index in [9.17, 15) is 14.4 Å². The first-order valence-electron chi connectivity index (χ1n) is 33.7. The van der Waals surface area contributed by atoms with Crippen LogP contribution in [0.4, 0.5) is 0 Å². The van der Waals surface area contributed by atoms with Gasteiger partial charge in [-0.2, -0.15) is 0 Å². The number of hydrogen-bond donors (Lipinski definition) is 0. The molecule has 0 amide bonds. The largest absolute Gasteiger partial charge is 0.462 e. The molecular weight excluding hydrogens is 997 g/mol. The number of esters is 3. The zero-order valence-corrected chi connectivity index (χ0v) is 52.8. The third kappa shape index (κ3) is 66.2. The Kier molecular flexibility index (Phi) is 64.3. The molecule has 0 radical (unpaired) electrons. The summed E-state index contributed by atoms with van der Waals surface area (Å²) in [5.74, 6) is -1.000. The second kappa shape index (κ2) is 68.1. The van der Waals surface area contributed by atoms with Crippen LogP contribution in [0.2, 0.25) is 0 Å². The van der Waals surface area contributed by atoms with Crippen molar-refractivity contribution in [2.45, 2.75) is 309 Å². The molecule has 0 aliphatic rings. The van der Waals surface area contributed by atoms with E-state index < -0.39 is 12.1 Å². The second-order valence-electron chi connectivity index (χ2n) is 22.0. The van der Waals surface area contributed by atoms with Gasteiger partial charge in [0, 0.05) is 19.3 Å². The molecule has 81 heavy (non-hydrogen) atoms. The number of unbranched alkanes of at least 4 members (excludes halogenated alkanes) is 27. The van der Waals surface area contributed by atoms with E-state index in [0.717, 1.165) is 116 Å². The lowest BCUT2D eigenvalue weighted by atomic mass is 10.0. The Labute approximate surface area is 500 Å². The minimum Gasteiger partial charge on any atom is -0.462 e. The van der Waals surface area contributed by atoms with Crippen LogP contribution in [0.25, 0.3) is 0 Å². The molecular formula is C75H124O6. The number of ether oxygens (including phenoxy) is 3. The van der Waals surface area contributed by atoms with Crippen molar-refractivity contribution in [1.29, 1.82) is 0 Å². The Morgan fingerprint density at radius 1 is 0.259 bits per heavy atom. The van der Waals surface area contributed by atoms with Crippen LogP contribution in [0.15, 0.2) is 134 Å². The van der Waals surface area contributed by atoms with Crippen LogP contribution >= 0.6 is 0 Å². The molecule has 0 bridgehead atoms. The highest BCUT2D eigenvalue weighted by Gasteiger charge is 2.19. The molecule has 6 heteroatoms. The molecule has 460 valence electrons. The van der Waals surface area contributed by atoms with E-state index in [2.05, 4.69) is 148 Å². The van der Waals surface area contributed by atoms with E-state index in [1.54, 1.807) is 0 Å². The number of rotatable bonds is 60. The first-order chi connectivity index (χ1) is 40.0. The van der Waals surface area contributed by atoms with Gasteiger partial charge in [-0.1, -0.05) is 296 Å². The maximum absolute atomic E-state index is 12.9.